The van der Waals surface area contributed by atoms with E-state index in [0.29, 0.717) is 24.4 Å². The van der Waals surface area contributed by atoms with E-state index in [1.807, 2.05) is 25.1 Å². The summed E-state index contributed by atoms with van der Waals surface area (Å²) in [7, 11) is 0. The summed E-state index contributed by atoms with van der Waals surface area (Å²) in [4.78, 5) is 22.2. The number of carbonyl (C=O) groups is 2. The second kappa shape index (κ2) is 7.98. The Hall–Kier alpha value is -2.83. The summed E-state index contributed by atoms with van der Waals surface area (Å²) < 4.78 is 7.03. The second-order valence-electron chi connectivity index (χ2n) is 5.07. The first-order valence-corrected chi connectivity index (χ1v) is 7.25. The molecule has 7 heteroatoms. The van der Waals surface area contributed by atoms with Crippen molar-refractivity contribution >= 4 is 17.6 Å². The predicted molar refractivity (Wildman–Crippen MR) is 81.8 cm³/mol. The summed E-state index contributed by atoms with van der Waals surface area (Å²) in [5.74, 6) is -0.706. The van der Waals surface area contributed by atoms with Crippen molar-refractivity contribution in [1.82, 2.24) is 9.78 Å². The van der Waals surface area contributed by atoms with Crippen molar-refractivity contribution in [3.63, 3.8) is 0 Å². The largest absolute Gasteiger partial charge is 0.550 e. The number of hydrogen-bond acceptors (Lipinski definition) is 5. The number of aliphatic carboxylic acids is 1. The number of aromatic nitrogens is 2. The van der Waals surface area contributed by atoms with Crippen LogP contribution in [0.15, 0.2) is 36.7 Å². The molecule has 23 heavy (non-hydrogen) atoms. The van der Waals surface area contributed by atoms with Crippen molar-refractivity contribution in [2.75, 3.05) is 11.9 Å². The molecule has 1 N–H and O–H groups in total. The van der Waals surface area contributed by atoms with Gasteiger partial charge in [-0.2, -0.15) is 5.10 Å². The number of rotatable bonds is 8. The topological polar surface area (TPSA) is 96.3 Å². The summed E-state index contributed by atoms with van der Waals surface area (Å²) in [6.45, 7) is 2.26. The fourth-order valence-electron chi connectivity index (χ4n) is 1.99. The third kappa shape index (κ3) is 5.46. The van der Waals surface area contributed by atoms with Crippen LogP contribution in [0.3, 0.4) is 0 Å². The molecule has 0 fully saturated rings. The van der Waals surface area contributed by atoms with E-state index in [1.54, 1.807) is 16.9 Å². The predicted octanol–water partition coefficient (Wildman–Crippen LogP) is 0.739. The zero-order chi connectivity index (χ0) is 16.7. The van der Waals surface area contributed by atoms with Gasteiger partial charge < -0.3 is 20.0 Å². The molecule has 2 rings (SSSR count). The summed E-state index contributed by atoms with van der Waals surface area (Å²) in [6.07, 6.45) is 3.55. The highest BCUT2D eigenvalue weighted by Crippen LogP contribution is 2.16. The van der Waals surface area contributed by atoms with Crippen molar-refractivity contribution in [2.45, 2.75) is 26.3 Å². The van der Waals surface area contributed by atoms with Gasteiger partial charge in [-0.3, -0.25) is 9.48 Å². The number of benzene rings is 1. The normalized spacial score (nSPS) is 10.3. The van der Waals surface area contributed by atoms with Crippen LogP contribution in [0.1, 0.15) is 18.4 Å². The Kier molecular flexibility index (Phi) is 5.74. The number of aryl methyl sites for hydroxylation is 2. The third-order valence-electron chi connectivity index (χ3n) is 3.14. The lowest BCUT2D eigenvalue weighted by Crippen LogP contribution is -2.22. The van der Waals surface area contributed by atoms with Crippen molar-refractivity contribution in [3.8, 4) is 5.75 Å². The van der Waals surface area contributed by atoms with Crippen LogP contribution >= 0.6 is 0 Å². The quantitative estimate of drug-likeness (QED) is 0.775. The molecule has 0 atom stereocenters. The summed E-state index contributed by atoms with van der Waals surface area (Å²) in [6, 6.07) is 7.45. The summed E-state index contributed by atoms with van der Waals surface area (Å²) in [5, 5.41) is 17.1. The van der Waals surface area contributed by atoms with Crippen LogP contribution in [-0.2, 0) is 16.1 Å². The molecule has 0 aliphatic carbocycles. The number of amides is 1. The van der Waals surface area contributed by atoms with Gasteiger partial charge in [0.25, 0.3) is 5.91 Å². The van der Waals surface area contributed by atoms with Crippen molar-refractivity contribution in [3.05, 3.63) is 42.2 Å². The van der Waals surface area contributed by atoms with Crippen LogP contribution in [0.2, 0.25) is 0 Å². The summed E-state index contributed by atoms with van der Waals surface area (Å²) in [5.41, 5.74) is 1.50. The number of anilines is 1. The number of carbonyl (C=O) groups excluding carboxylic acids is 2. The number of para-hydroxylation sites is 1. The Morgan fingerprint density at radius 2 is 2.13 bits per heavy atom. The second-order valence-corrected chi connectivity index (χ2v) is 5.07. The fraction of sp³-hybridized carbons (Fsp3) is 0.312. The minimum absolute atomic E-state index is 0.0220. The molecule has 0 saturated heterocycles. The van der Waals surface area contributed by atoms with Gasteiger partial charge in [-0.15, -0.1) is 0 Å². The molecule has 0 aliphatic heterocycles. The number of nitrogens with one attached hydrogen (secondary N) is 1. The number of carboxylic acid groups (broad SMARTS) is 1. The Labute approximate surface area is 133 Å². The van der Waals surface area contributed by atoms with Gasteiger partial charge in [0.15, 0.2) is 6.61 Å². The van der Waals surface area contributed by atoms with E-state index in [0.717, 1.165) is 5.56 Å². The lowest BCUT2D eigenvalue weighted by atomic mass is 10.2. The molecule has 0 unspecified atom stereocenters. The Morgan fingerprint density at radius 3 is 2.87 bits per heavy atom. The van der Waals surface area contributed by atoms with Gasteiger partial charge in [0.05, 0.1) is 11.9 Å². The molecule has 7 nitrogen and oxygen atoms in total. The molecular formula is C16H18N3O4-. The van der Waals surface area contributed by atoms with Gasteiger partial charge in [0.1, 0.15) is 5.75 Å². The smallest absolute Gasteiger partial charge is 0.262 e. The minimum atomic E-state index is -1.08. The highest BCUT2D eigenvalue weighted by molar-refractivity contribution is 5.91. The minimum Gasteiger partial charge on any atom is -0.550 e. The molecule has 1 amide bonds. The molecule has 0 spiro atoms. The Bertz CT molecular complexity index is 681. The van der Waals surface area contributed by atoms with Crippen molar-refractivity contribution in [1.29, 1.82) is 0 Å². The maximum Gasteiger partial charge on any atom is 0.262 e. The molecule has 0 bridgehead atoms. The first-order chi connectivity index (χ1) is 11.0. The first kappa shape index (κ1) is 16.5. The zero-order valence-electron chi connectivity index (χ0n) is 12.8. The lowest BCUT2D eigenvalue weighted by molar-refractivity contribution is -0.305. The van der Waals surface area contributed by atoms with Crippen molar-refractivity contribution in [2.24, 2.45) is 0 Å². The highest BCUT2D eigenvalue weighted by atomic mass is 16.5. The zero-order valence-corrected chi connectivity index (χ0v) is 12.8. The Balaban J connectivity index is 1.78. The van der Waals surface area contributed by atoms with Gasteiger partial charge >= 0.3 is 0 Å². The molecule has 2 aromatic rings. The molecule has 122 valence electrons. The number of ether oxygens (including phenoxy) is 1. The number of carboxylic acids is 1. The van der Waals surface area contributed by atoms with E-state index in [-0.39, 0.29) is 18.9 Å². The monoisotopic (exact) mass is 316 g/mol. The molecule has 0 radical (unpaired) electrons. The molecule has 1 aromatic carbocycles. The SMILES string of the molecule is Cc1ccccc1OCC(=O)Nc1cnn(CCCC(=O)[O-])c1. The van der Waals surface area contributed by atoms with Crippen LogP contribution < -0.4 is 15.2 Å². The first-order valence-electron chi connectivity index (χ1n) is 7.25. The van der Waals surface area contributed by atoms with E-state index >= 15 is 0 Å². The fourth-order valence-corrected chi connectivity index (χ4v) is 1.99. The van der Waals surface area contributed by atoms with Gasteiger partial charge in [-0.05, 0) is 31.4 Å². The molecule has 1 aromatic heterocycles. The average molecular weight is 316 g/mol. The highest BCUT2D eigenvalue weighted by Gasteiger charge is 2.07. The van der Waals surface area contributed by atoms with Crippen LogP contribution in [0.5, 0.6) is 5.75 Å². The van der Waals surface area contributed by atoms with Crippen molar-refractivity contribution < 1.29 is 19.4 Å². The lowest BCUT2D eigenvalue weighted by Gasteiger charge is -2.08. The molecule has 0 saturated carbocycles. The van der Waals surface area contributed by atoms with Gasteiger partial charge in [-0.25, -0.2) is 0 Å². The number of nitrogens with zero attached hydrogens (tertiary/aromatic N) is 2. The standard InChI is InChI=1S/C16H19N3O4/c1-12-5-2-3-6-14(12)23-11-15(20)18-13-9-17-19(10-13)8-4-7-16(21)22/h2-3,5-6,9-10H,4,7-8,11H2,1H3,(H,18,20)(H,21,22)/p-1. The van der Waals surface area contributed by atoms with Crippen LogP contribution in [0.25, 0.3) is 0 Å². The van der Waals surface area contributed by atoms with Crippen LogP contribution in [0.4, 0.5) is 5.69 Å². The molecule has 1 heterocycles. The van der Waals surface area contributed by atoms with Gasteiger partial charge in [-0.1, -0.05) is 18.2 Å². The maximum atomic E-state index is 11.9. The van der Waals surface area contributed by atoms with E-state index in [1.165, 1.54) is 6.20 Å². The Morgan fingerprint density at radius 1 is 1.35 bits per heavy atom. The van der Waals surface area contributed by atoms with Gasteiger partial charge in [0, 0.05) is 18.7 Å². The molecular weight excluding hydrogens is 298 g/mol. The van der Waals surface area contributed by atoms with E-state index in [9.17, 15) is 14.7 Å². The maximum absolute atomic E-state index is 11.9. The number of hydrogen-bond donors (Lipinski definition) is 1. The van der Waals surface area contributed by atoms with E-state index in [2.05, 4.69) is 10.4 Å². The van der Waals surface area contributed by atoms with E-state index < -0.39 is 5.97 Å². The van der Waals surface area contributed by atoms with Crippen LogP contribution in [-0.4, -0.2) is 28.3 Å². The van der Waals surface area contributed by atoms with Gasteiger partial charge in [0.2, 0.25) is 0 Å². The van der Waals surface area contributed by atoms with E-state index in [4.69, 9.17) is 4.74 Å². The molecule has 0 aliphatic rings. The average Bonchev–Trinajstić information content (AvgIpc) is 2.93. The third-order valence-corrected chi connectivity index (χ3v) is 3.14. The summed E-state index contributed by atoms with van der Waals surface area (Å²) >= 11 is 0. The van der Waals surface area contributed by atoms with Crippen LogP contribution in [0, 0.1) is 6.92 Å².